The SMILES string of the molecule is O=S(=O)(CCl)NCc1ccccc1F. The lowest BCUT2D eigenvalue weighted by molar-refractivity contribution is 0.578. The zero-order valence-corrected chi connectivity index (χ0v) is 8.78. The molecule has 0 bridgehead atoms. The zero-order valence-electron chi connectivity index (χ0n) is 7.20. The Morgan fingerprint density at radius 1 is 1.36 bits per heavy atom. The van der Waals surface area contributed by atoms with Crippen LogP contribution < -0.4 is 4.72 Å². The summed E-state index contributed by atoms with van der Waals surface area (Å²) in [4.78, 5) is 0. The molecule has 0 heterocycles. The standard InChI is InChI=1S/C8H9ClFNO2S/c9-6-14(12,13)11-5-7-3-1-2-4-8(7)10/h1-4,11H,5-6H2. The van der Waals surface area contributed by atoms with Gasteiger partial charge in [-0.2, -0.15) is 0 Å². The van der Waals surface area contributed by atoms with Crippen LogP contribution in [-0.4, -0.2) is 13.6 Å². The second kappa shape index (κ2) is 4.72. The fourth-order valence-electron chi connectivity index (χ4n) is 0.868. The van der Waals surface area contributed by atoms with E-state index in [4.69, 9.17) is 11.6 Å². The highest BCUT2D eigenvalue weighted by Crippen LogP contribution is 2.06. The van der Waals surface area contributed by atoms with Crippen molar-refractivity contribution in [3.05, 3.63) is 35.6 Å². The number of alkyl halides is 1. The first-order chi connectivity index (χ1) is 6.55. The molecular weight excluding hydrogens is 229 g/mol. The van der Waals surface area contributed by atoms with Gasteiger partial charge in [0.15, 0.2) is 0 Å². The van der Waals surface area contributed by atoms with Gasteiger partial charge in [-0.05, 0) is 6.07 Å². The van der Waals surface area contributed by atoms with E-state index in [-0.39, 0.29) is 6.54 Å². The molecule has 0 amide bonds. The summed E-state index contributed by atoms with van der Waals surface area (Å²) in [5, 5.41) is -0.526. The van der Waals surface area contributed by atoms with Crippen LogP contribution in [-0.2, 0) is 16.6 Å². The minimum atomic E-state index is -3.49. The summed E-state index contributed by atoms with van der Waals surface area (Å²) in [5.41, 5.74) is 0.293. The minimum absolute atomic E-state index is 0.0816. The van der Waals surface area contributed by atoms with E-state index in [9.17, 15) is 12.8 Å². The number of hydrogen-bond acceptors (Lipinski definition) is 2. The van der Waals surface area contributed by atoms with Crippen LogP contribution in [0.3, 0.4) is 0 Å². The molecule has 1 N–H and O–H groups in total. The normalized spacial score (nSPS) is 11.6. The summed E-state index contributed by atoms with van der Waals surface area (Å²) in [7, 11) is -3.49. The number of nitrogens with one attached hydrogen (secondary N) is 1. The monoisotopic (exact) mass is 237 g/mol. The van der Waals surface area contributed by atoms with E-state index in [1.165, 1.54) is 18.2 Å². The third kappa shape index (κ3) is 3.25. The van der Waals surface area contributed by atoms with E-state index in [0.717, 1.165) is 0 Å². The molecule has 0 aliphatic rings. The van der Waals surface area contributed by atoms with Crippen molar-refractivity contribution in [1.29, 1.82) is 0 Å². The summed E-state index contributed by atoms with van der Waals surface area (Å²) >= 11 is 5.15. The van der Waals surface area contributed by atoms with Gasteiger partial charge in [0.1, 0.15) is 11.0 Å². The zero-order chi connectivity index (χ0) is 10.6. The van der Waals surface area contributed by atoms with Crippen LogP contribution in [0.15, 0.2) is 24.3 Å². The second-order valence-electron chi connectivity index (χ2n) is 2.64. The highest BCUT2D eigenvalue weighted by molar-refractivity contribution is 7.90. The summed E-state index contributed by atoms with van der Waals surface area (Å²) < 4.78 is 37.0. The van der Waals surface area contributed by atoms with Crippen molar-refractivity contribution in [2.45, 2.75) is 6.54 Å². The van der Waals surface area contributed by atoms with Gasteiger partial charge >= 0.3 is 0 Å². The molecule has 1 rings (SSSR count). The van der Waals surface area contributed by atoms with Gasteiger partial charge in [0, 0.05) is 12.1 Å². The van der Waals surface area contributed by atoms with Crippen LogP contribution >= 0.6 is 11.6 Å². The van der Waals surface area contributed by atoms with Crippen molar-refractivity contribution < 1.29 is 12.8 Å². The Kier molecular flexibility index (Phi) is 3.86. The van der Waals surface area contributed by atoms with Crippen LogP contribution in [0.25, 0.3) is 0 Å². The van der Waals surface area contributed by atoms with Crippen molar-refractivity contribution in [2.24, 2.45) is 0 Å². The molecule has 0 radical (unpaired) electrons. The maximum absolute atomic E-state index is 13.0. The molecule has 0 unspecified atom stereocenters. The van der Waals surface area contributed by atoms with Crippen LogP contribution in [0.2, 0.25) is 0 Å². The van der Waals surface area contributed by atoms with Gasteiger partial charge < -0.3 is 0 Å². The van der Waals surface area contributed by atoms with E-state index in [0.29, 0.717) is 5.56 Å². The molecule has 0 aliphatic heterocycles. The molecule has 0 atom stereocenters. The summed E-state index contributed by atoms with van der Waals surface area (Å²) in [6.45, 7) is -0.0816. The molecule has 0 fully saturated rings. The molecule has 1 aromatic carbocycles. The predicted octanol–water partition coefficient (Wildman–Crippen LogP) is 1.44. The lowest BCUT2D eigenvalue weighted by atomic mass is 10.2. The van der Waals surface area contributed by atoms with E-state index in [1.54, 1.807) is 6.07 Å². The van der Waals surface area contributed by atoms with Gasteiger partial charge in [0.25, 0.3) is 0 Å². The Labute approximate surface area is 86.9 Å². The van der Waals surface area contributed by atoms with Crippen molar-refractivity contribution in [2.75, 3.05) is 5.21 Å². The number of hydrogen-bond donors (Lipinski definition) is 1. The van der Waals surface area contributed by atoms with Gasteiger partial charge in [-0.25, -0.2) is 17.5 Å². The maximum Gasteiger partial charge on any atom is 0.225 e. The first-order valence-electron chi connectivity index (χ1n) is 3.82. The molecule has 14 heavy (non-hydrogen) atoms. The smallest absolute Gasteiger partial charge is 0.211 e. The quantitative estimate of drug-likeness (QED) is 0.806. The molecule has 0 spiro atoms. The molecule has 6 heteroatoms. The lowest BCUT2D eigenvalue weighted by Gasteiger charge is -2.04. The van der Waals surface area contributed by atoms with E-state index < -0.39 is 21.1 Å². The largest absolute Gasteiger partial charge is 0.225 e. The van der Waals surface area contributed by atoms with Crippen LogP contribution in [0, 0.1) is 5.82 Å². The van der Waals surface area contributed by atoms with Crippen LogP contribution in [0.1, 0.15) is 5.56 Å². The number of rotatable bonds is 4. The van der Waals surface area contributed by atoms with Gasteiger partial charge in [0.05, 0.1) is 0 Å². The Balaban J connectivity index is 2.68. The number of sulfonamides is 1. The van der Waals surface area contributed by atoms with Gasteiger partial charge in [0.2, 0.25) is 10.0 Å². The molecule has 3 nitrogen and oxygen atoms in total. The average molecular weight is 238 g/mol. The molecule has 0 aliphatic carbocycles. The summed E-state index contributed by atoms with van der Waals surface area (Å²) in [6, 6.07) is 5.94. The fraction of sp³-hybridized carbons (Fsp3) is 0.250. The highest BCUT2D eigenvalue weighted by atomic mass is 35.5. The third-order valence-corrected chi connectivity index (χ3v) is 3.32. The van der Waals surface area contributed by atoms with E-state index in [1.807, 2.05) is 0 Å². The molecule has 0 saturated heterocycles. The maximum atomic E-state index is 13.0. The number of halogens is 2. The molecule has 78 valence electrons. The Bertz CT molecular complexity index is 408. The van der Waals surface area contributed by atoms with Gasteiger partial charge in [-0.15, -0.1) is 11.6 Å². The lowest BCUT2D eigenvalue weighted by Crippen LogP contribution is -2.24. The first-order valence-corrected chi connectivity index (χ1v) is 6.00. The van der Waals surface area contributed by atoms with Crippen LogP contribution in [0.5, 0.6) is 0 Å². The molecule has 1 aromatic rings. The van der Waals surface area contributed by atoms with E-state index in [2.05, 4.69) is 4.72 Å². The summed E-state index contributed by atoms with van der Waals surface area (Å²) in [5.74, 6) is -0.440. The third-order valence-electron chi connectivity index (χ3n) is 1.58. The fourth-order valence-corrected chi connectivity index (χ4v) is 1.55. The average Bonchev–Trinajstić information content (AvgIpc) is 2.17. The first kappa shape index (κ1) is 11.4. The predicted molar refractivity (Wildman–Crippen MR) is 52.9 cm³/mol. The van der Waals surface area contributed by atoms with Crippen LogP contribution in [0.4, 0.5) is 4.39 Å². The Hall–Kier alpha value is -0.650. The van der Waals surface area contributed by atoms with E-state index >= 15 is 0 Å². The summed E-state index contributed by atoms with van der Waals surface area (Å²) in [6.07, 6.45) is 0. The Morgan fingerprint density at radius 2 is 2.00 bits per heavy atom. The van der Waals surface area contributed by atoms with Crippen molar-refractivity contribution >= 4 is 21.6 Å². The van der Waals surface area contributed by atoms with Gasteiger partial charge in [-0.3, -0.25) is 0 Å². The minimum Gasteiger partial charge on any atom is -0.211 e. The highest BCUT2D eigenvalue weighted by Gasteiger charge is 2.08. The molecule has 0 aromatic heterocycles. The number of benzene rings is 1. The van der Waals surface area contributed by atoms with Crippen molar-refractivity contribution in [3.8, 4) is 0 Å². The molecular formula is C8H9ClFNO2S. The van der Waals surface area contributed by atoms with Crippen molar-refractivity contribution in [1.82, 2.24) is 4.72 Å². The second-order valence-corrected chi connectivity index (χ2v) is 5.03. The topological polar surface area (TPSA) is 46.2 Å². The Morgan fingerprint density at radius 3 is 2.57 bits per heavy atom. The van der Waals surface area contributed by atoms with Gasteiger partial charge in [-0.1, -0.05) is 18.2 Å². The van der Waals surface area contributed by atoms with Crippen molar-refractivity contribution in [3.63, 3.8) is 0 Å². The molecule has 0 saturated carbocycles.